The summed E-state index contributed by atoms with van der Waals surface area (Å²) in [6, 6.07) is 9.82. The van der Waals surface area contributed by atoms with Gasteiger partial charge in [-0.25, -0.2) is 4.98 Å². The summed E-state index contributed by atoms with van der Waals surface area (Å²) in [5.41, 5.74) is 1.44. The van der Waals surface area contributed by atoms with Gasteiger partial charge in [-0.1, -0.05) is 30.3 Å². The van der Waals surface area contributed by atoms with Crippen molar-refractivity contribution >= 4 is 11.8 Å². The van der Waals surface area contributed by atoms with Gasteiger partial charge in [-0.15, -0.1) is 0 Å². The molecule has 0 saturated carbocycles. The van der Waals surface area contributed by atoms with Crippen molar-refractivity contribution in [1.82, 2.24) is 19.8 Å². The summed E-state index contributed by atoms with van der Waals surface area (Å²) in [5.74, 6) is -0.281. The average Bonchev–Trinajstić information content (AvgIpc) is 3.03. The lowest BCUT2D eigenvalue weighted by Gasteiger charge is -2.32. The third-order valence-corrected chi connectivity index (χ3v) is 3.86. The molecular weight excluding hydrogens is 308 g/mol. The van der Waals surface area contributed by atoms with E-state index >= 15 is 0 Å². The fourth-order valence-corrected chi connectivity index (χ4v) is 2.59. The van der Waals surface area contributed by atoms with Crippen LogP contribution >= 0.6 is 0 Å². The van der Waals surface area contributed by atoms with Crippen LogP contribution < -0.4 is 5.32 Å². The van der Waals surface area contributed by atoms with Crippen molar-refractivity contribution in [3.63, 3.8) is 0 Å². The number of hydrogen-bond donors (Lipinski definition) is 1. The fraction of sp³-hybridized carbons (Fsp3) is 0.353. The van der Waals surface area contributed by atoms with Gasteiger partial charge in [0.25, 0.3) is 5.91 Å². The molecule has 1 aliphatic heterocycles. The Bertz CT molecular complexity index is 714. The summed E-state index contributed by atoms with van der Waals surface area (Å²) in [6.07, 6.45) is 3.01. The van der Waals surface area contributed by atoms with Crippen LogP contribution in [0.4, 0.5) is 0 Å². The number of nitrogens with one attached hydrogen (secondary N) is 1. The second kappa shape index (κ2) is 7.27. The molecule has 24 heavy (non-hydrogen) atoms. The normalized spacial score (nSPS) is 17.8. The highest BCUT2D eigenvalue weighted by atomic mass is 16.5. The highest BCUT2D eigenvalue weighted by Gasteiger charge is 2.26. The molecule has 0 bridgehead atoms. The van der Waals surface area contributed by atoms with Crippen LogP contribution in [-0.4, -0.2) is 52.1 Å². The standard InChI is InChI=1S/C17H20N4O3/c1-20-10-15(19-12-20)17(23)18-7-14-9-21(16(22)11-24-14)8-13-5-3-2-4-6-13/h2-6,10,12,14H,7-9,11H2,1H3,(H,18,23). The number of benzene rings is 1. The molecule has 1 saturated heterocycles. The highest BCUT2D eigenvalue weighted by Crippen LogP contribution is 2.11. The molecule has 1 atom stereocenters. The maximum Gasteiger partial charge on any atom is 0.271 e. The van der Waals surface area contributed by atoms with Crippen molar-refractivity contribution in [2.45, 2.75) is 12.6 Å². The number of imidazole rings is 1. The van der Waals surface area contributed by atoms with Crippen LogP contribution in [0.1, 0.15) is 16.1 Å². The molecule has 7 heteroatoms. The first-order valence-electron chi connectivity index (χ1n) is 7.81. The molecule has 2 heterocycles. The summed E-state index contributed by atoms with van der Waals surface area (Å²) in [6.45, 7) is 1.38. The highest BCUT2D eigenvalue weighted by molar-refractivity contribution is 5.92. The summed E-state index contributed by atoms with van der Waals surface area (Å²) in [4.78, 5) is 29.8. The molecule has 126 valence electrons. The molecule has 1 aromatic carbocycles. The maximum absolute atomic E-state index is 12.0. The van der Waals surface area contributed by atoms with Crippen LogP contribution in [0, 0.1) is 0 Å². The van der Waals surface area contributed by atoms with Crippen molar-refractivity contribution in [1.29, 1.82) is 0 Å². The van der Waals surface area contributed by atoms with E-state index in [1.807, 2.05) is 30.3 Å². The third kappa shape index (κ3) is 3.99. The van der Waals surface area contributed by atoms with Gasteiger partial charge in [0.1, 0.15) is 12.3 Å². The van der Waals surface area contributed by atoms with E-state index in [1.165, 1.54) is 0 Å². The molecule has 7 nitrogen and oxygen atoms in total. The minimum Gasteiger partial charge on any atom is -0.365 e. The van der Waals surface area contributed by atoms with Crippen LogP contribution in [0.2, 0.25) is 0 Å². The Morgan fingerprint density at radius 2 is 2.17 bits per heavy atom. The Morgan fingerprint density at radius 1 is 1.38 bits per heavy atom. The number of amides is 2. The van der Waals surface area contributed by atoms with E-state index in [2.05, 4.69) is 10.3 Å². The van der Waals surface area contributed by atoms with Crippen LogP contribution in [0.3, 0.4) is 0 Å². The number of nitrogens with zero attached hydrogens (tertiary/aromatic N) is 3. The van der Waals surface area contributed by atoms with Gasteiger partial charge < -0.3 is 19.5 Å². The van der Waals surface area contributed by atoms with E-state index in [4.69, 9.17) is 4.74 Å². The summed E-state index contributed by atoms with van der Waals surface area (Å²) in [7, 11) is 1.81. The first kappa shape index (κ1) is 16.2. The van der Waals surface area contributed by atoms with Crippen LogP contribution in [0.5, 0.6) is 0 Å². The predicted octanol–water partition coefficient (Wildman–Crippen LogP) is 0.577. The number of hydrogen-bond acceptors (Lipinski definition) is 4. The van der Waals surface area contributed by atoms with Gasteiger partial charge in [0.2, 0.25) is 5.91 Å². The predicted molar refractivity (Wildman–Crippen MR) is 87.1 cm³/mol. The Balaban J connectivity index is 1.53. The number of aryl methyl sites for hydroxylation is 1. The summed E-state index contributed by atoms with van der Waals surface area (Å²) in [5, 5.41) is 2.80. The van der Waals surface area contributed by atoms with Crippen molar-refractivity contribution in [2.75, 3.05) is 19.7 Å². The fourth-order valence-electron chi connectivity index (χ4n) is 2.59. The van der Waals surface area contributed by atoms with Gasteiger partial charge in [0.05, 0.1) is 12.4 Å². The van der Waals surface area contributed by atoms with E-state index < -0.39 is 0 Å². The molecule has 1 N–H and O–H groups in total. The lowest BCUT2D eigenvalue weighted by molar-refractivity contribution is -0.149. The molecule has 1 aliphatic rings. The van der Waals surface area contributed by atoms with Crippen LogP contribution in [0.15, 0.2) is 42.9 Å². The summed E-state index contributed by atoms with van der Waals surface area (Å²) >= 11 is 0. The number of carbonyl (C=O) groups excluding carboxylic acids is 2. The Kier molecular flexibility index (Phi) is 4.90. The second-order valence-electron chi connectivity index (χ2n) is 5.83. The zero-order valence-corrected chi connectivity index (χ0v) is 13.5. The Morgan fingerprint density at radius 3 is 2.88 bits per heavy atom. The van der Waals surface area contributed by atoms with E-state index in [0.29, 0.717) is 25.3 Å². The minimum absolute atomic E-state index is 0.0360. The van der Waals surface area contributed by atoms with Crippen LogP contribution in [-0.2, 0) is 23.1 Å². The van der Waals surface area contributed by atoms with Crippen molar-refractivity contribution in [2.24, 2.45) is 7.05 Å². The third-order valence-electron chi connectivity index (χ3n) is 3.86. The second-order valence-corrected chi connectivity index (χ2v) is 5.83. The van der Waals surface area contributed by atoms with Crippen molar-refractivity contribution in [3.05, 3.63) is 54.1 Å². The number of aromatic nitrogens is 2. The number of ether oxygens (including phenoxy) is 1. The number of morpholine rings is 1. The van der Waals surface area contributed by atoms with E-state index in [9.17, 15) is 9.59 Å². The van der Waals surface area contributed by atoms with Gasteiger partial charge in [0, 0.05) is 32.9 Å². The lowest BCUT2D eigenvalue weighted by Crippen LogP contribution is -2.50. The van der Waals surface area contributed by atoms with E-state index in [-0.39, 0.29) is 24.5 Å². The molecule has 1 unspecified atom stereocenters. The monoisotopic (exact) mass is 328 g/mol. The van der Waals surface area contributed by atoms with Crippen molar-refractivity contribution in [3.8, 4) is 0 Å². The molecule has 0 spiro atoms. The SMILES string of the molecule is Cn1cnc(C(=O)NCC2CN(Cc3ccccc3)C(=O)CO2)c1. The number of rotatable bonds is 5. The molecule has 0 radical (unpaired) electrons. The first-order chi connectivity index (χ1) is 11.6. The average molecular weight is 328 g/mol. The van der Waals surface area contributed by atoms with Gasteiger partial charge in [-0.3, -0.25) is 9.59 Å². The molecular formula is C17H20N4O3. The largest absolute Gasteiger partial charge is 0.365 e. The zero-order chi connectivity index (χ0) is 16.9. The topological polar surface area (TPSA) is 76.5 Å². The van der Waals surface area contributed by atoms with Crippen LogP contribution in [0.25, 0.3) is 0 Å². The smallest absolute Gasteiger partial charge is 0.271 e. The molecule has 1 fully saturated rings. The molecule has 2 aromatic rings. The van der Waals surface area contributed by atoms with Crippen molar-refractivity contribution < 1.29 is 14.3 Å². The molecule has 2 amide bonds. The summed E-state index contributed by atoms with van der Waals surface area (Å²) < 4.78 is 7.23. The first-order valence-corrected chi connectivity index (χ1v) is 7.81. The van der Waals surface area contributed by atoms with Gasteiger partial charge >= 0.3 is 0 Å². The van der Waals surface area contributed by atoms with E-state index in [0.717, 1.165) is 5.56 Å². The quantitative estimate of drug-likeness (QED) is 0.871. The Hall–Kier alpha value is -2.67. The Labute approximate surface area is 140 Å². The zero-order valence-electron chi connectivity index (χ0n) is 13.5. The molecule has 3 rings (SSSR count). The van der Waals surface area contributed by atoms with Gasteiger partial charge in [-0.05, 0) is 5.56 Å². The van der Waals surface area contributed by atoms with Gasteiger partial charge in [-0.2, -0.15) is 0 Å². The minimum atomic E-state index is -0.245. The van der Waals surface area contributed by atoms with E-state index in [1.54, 1.807) is 29.0 Å². The van der Waals surface area contributed by atoms with Gasteiger partial charge in [0.15, 0.2) is 0 Å². The molecule has 1 aromatic heterocycles. The molecule has 0 aliphatic carbocycles. The lowest BCUT2D eigenvalue weighted by atomic mass is 10.2. The maximum atomic E-state index is 12.0. The number of carbonyl (C=O) groups is 2.